The second-order valence-corrected chi connectivity index (χ2v) is 7.82. The Morgan fingerprint density at radius 1 is 0.474 bits per heavy atom. The third-order valence-corrected chi connectivity index (χ3v) is 4.79. The first-order valence-electron chi connectivity index (χ1n) is 6.41. The summed E-state index contributed by atoms with van der Waals surface area (Å²) in [5, 5.41) is 0. The summed E-state index contributed by atoms with van der Waals surface area (Å²) in [4.78, 5) is 0. The van der Waals surface area contributed by atoms with Gasteiger partial charge < -0.3 is 0 Å². The molecule has 0 atom stereocenters. The molecule has 0 saturated carbocycles. The molecule has 3 aromatic rings. The molecular weight excluding hydrogens is 417 g/mol. The third-order valence-electron chi connectivity index (χ3n) is 3.21. The predicted molar refractivity (Wildman–Crippen MR) is 76.9 cm³/mol. The van der Waals surface area contributed by atoms with Gasteiger partial charge in [-0.1, -0.05) is 0 Å². The Morgan fingerprint density at radius 3 is 1.32 bits per heavy atom. The Hall–Kier alpha value is -1.40. The molecule has 0 heterocycles. The van der Waals surface area contributed by atoms with Crippen molar-refractivity contribution < 1.29 is 26.1 Å². The fourth-order valence-electron chi connectivity index (χ4n) is 2.29. The van der Waals surface area contributed by atoms with Crippen molar-refractivity contribution in [1.82, 2.24) is 0 Å². The van der Waals surface area contributed by atoms with Gasteiger partial charge in [0.05, 0.1) is 0 Å². The Labute approximate surface area is 130 Å². The maximum absolute atomic E-state index is 2.32. The Bertz CT molecular complexity index is 615. The average molecular weight is 430 g/mol. The second-order valence-electron chi connectivity index (χ2n) is 4.65. The minimum absolute atomic E-state index is 0.642. The van der Waals surface area contributed by atoms with Crippen LogP contribution in [0.5, 0.6) is 0 Å². The summed E-state index contributed by atoms with van der Waals surface area (Å²) in [7, 11) is 0. The van der Waals surface area contributed by atoms with E-state index in [1.807, 2.05) is 0 Å². The van der Waals surface area contributed by atoms with E-state index in [9.17, 15) is 0 Å². The van der Waals surface area contributed by atoms with Crippen LogP contribution in [0.1, 0.15) is 0 Å². The number of hydrogen-bond donors (Lipinski definition) is 0. The average Bonchev–Trinajstić information content (AvgIpc) is 2.48. The molecule has 0 amide bonds. The van der Waals surface area contributed by atoms with Crippen molar-refractivity contribution in [3.05, 3.63) is 78.9 Å². The van der Waals surface area contributed by atoms with Gasteiger partial charge in [-0.05, 0) is 0 Å². The van der Waals surface area contributed by atoms with Crippen molar-refractivity contribution in [2.75, 3.05) is 0 Å². The monoisotopic (exact) mass is 431 g/mol. The maximum atomic E-state index is 2.32. The van der Waals surface area contributed by atoms with Crippen LogP contribution in [0.15, 0.2) is 78.9 Å². The van der Waals surface area contributed by atoms with Crippen LogP contribution in [-0.4, -0.2) is 0 Å². The summed E-state index contributed by atoms with van der Waals surface area (Å²) in [5.74, 6) is 0. The fraction of sp³-hybridized carbons (Fsp3) is 0. The van der Waals surface area contributed by atoms with E-state index in [-0.39, 0.29) is 0 Å². The summed E-state index contributed by atoms with van der Waals surface area (Å²) < 4.78 is 1.49. The normalized spacial score (nSPS) is 10.4. The van der Waals surface area contributed by atoms with Gasteiger partial charge in [-0.25, -0.2) is 0 Å². The molecule has 19 heavy (non-hydrogen) atoms. The van der Waals surface area contributed by atoms with Crippen LogP contribution >= 0.6 is 0 Å². The van der Waals surface area contributed by atoms with Crippen molar-refractivity contribution in [3.63, 3.8) is 0 Å². The molecule has 0 aliphatic carbocycles. The first-order valence-corrected chi connectivity index (χ1v) is 9.16. The first kappa shape index (κ1) is 12.6. The van der Waals surface area contributed by atoms with Crippen molar-refractivity contribution in [1.29, 1.82) is 0 Å². The fourth-order valence-corrected chi connectivity index (χ4v) is 4.00. The molecule has 0 aliphatic rings. The van der Waals surface area contributed by atoms with Crippen molar-refractivity contribution >= 4 is 3.07 Å². The molecule has 3 aromatic carbocycles. The molecule has 0 N–H and O–H groups in total. The van der Waals surface area contributed by atoms with Crippen LogP contribution in [0.4, 0.5) is 0 Å². The summed E-state index contributed by atoms with van der Waals surface area (Å²) in [6.45, 7) is 0. The van der Waals surface area contributed by atoms with Crippen LogP contribution in [-0.2, 0) is 26.1 Å². The Morgan fingerprint density at radius 2 is 0.895 bits per heavy atom. The van der Waals surface area contributed by atoms with Gasteiger partial charge in [0, 0.05) is 0 Å². The van der Waals surface area contributed by atoms with Crippen LogP contribution in [0.25, 0.3) is 22.3 Å². The molecule has 0 unspecified atom stereocenters. The zero-order valence-electron chi connectivity index (χ0n) is 10.7. The summed E-state index contributed by atoms with van der Waals surface area (Å²) >= 11 is 0.642. The van der Waals surface area contributed by atoms with Crippen molar-refractivity contribution in [2.24, 2.45) is 0 Å². The van der Waals surface area contributed by atoms with Gasteiger partial charge in [0.1, 0.15) is 0 Å². The molecule has 0 aliphatic heterocycles. The molecule has 0 nitrogen and oxygen atoms in total. The van der Waals surface area contributed by atoms with E-state index in [0.717, 1.165) is 0 Å². The zero-order valence-corrected chi connectivity index (χ0v) is 16.2. The molecule has 0 saturated heterocycles. The Balaban J connectivity index is 2.12. The van der Waals surface area contributed by atoms with E-state index in [0.29, 0.717) is 26.1 Å². The standard InChI is InChI=1S/C18H13.Hg/c1-3-8-15(9-4-1)17-12-7-13-18(14-17)16-10-5-2-6-11-16;/h1-6,8-14H;. The van der Waals surface area contributed by atoms with E-state index in [4.69, 9.17) is 0 Å². The molecule has 0 spiro atoms. The van der Waals surface area contributed by atoms with E-state index < -0.39 is 0 Å². The van der Waals surface area contributed by atoms with Gasteiger partial charge in [0.2, 0.25) is 0 Å². The SMILES string of the molecule is [Hg][c]1cc(-c2ccccc2)cc(-c2ccccc2)c1. The molecule has 3 rings (SSSR count). The molecule has 0 bridgehead atoms. The second kappa shape index (κ2) is 5.71. The quantitative estimate of drug-likeness (QED) is 0.536. The summed E-state index contributed by atoms with van der Waals surface area (Å²) in [6.07, 6.45) is 0. The van der Waals surface area contributed by atoms with Gasteiger partial charge in [-0.15, -0.1) is 0 Å². The third kappa shape index (κ3) is 2.95. The van der Waals surface area contributed by atoms with Crippen molar-refractivity contribution in [2.45, 2.75) is 0 Å². The number of benzene rings is 3. The minimum atomic E-state index is 0.642. The molecule has 87 valence electrons. The number of hydrogen-bond acceptors (Lipinski definition) is 0. The predicted octanol–water partition coefficient (Wildman–Crippen LogP) is 4.19. The summed E-state index contributed by atoms with van der Waals surface area (Å²) in [5.41, 5.74) is 5.25. The summed E-state index contributed by atoms with van der Waals surface area (Å²) in [6, 6.07) is 28.2. The van der Waals surface area contributed by atoms with Crippen LogP contribution in [0.3, 0.4) is 0 Å². The number of rotatable bonds is 2. The van der Waals surface area contributed by atoms with E-state index in [1.54, 1.807) is 0 Å². The van der Waals surface area contributed by atoms with E-state index in [2.05, 4.69) is 78.9 Å². The van der Waals surface area contributed by atoms with Crippen LogP contribution < -0.4 is 3.07 Å². The first-order chi connectivity index (χ1) is 9.33. The topological polar surface area (TPSA) is 0 Å². The molecule has 1 heteroatoms. The molecule has 0 fully saturated rings. The zero-order chi connectivity index (χ0) is 13.1. The molecule has 0 aromatic heterocycles. The molecular formula is C18H13Hg. The van der Waals surface area contributed by atoms with Gasteiger partial charge in [-0.2, -0.15) is 0 Å². The Kier molecular flexibility index (Phi) is 3.79. The molecule has 0 radical (unpaired) electrons. The van der Waals surface area contributed by atoms with Gasteiger partial charge in [0.25, 0.3) is 0 Å². The van der Waals surface area contributed by atoms with Gasteiger partial charge in [-0.3, -0.25) is 0 Å². The van der Waals surface area contributed by atoms with Crippen LogP contribution in [0.2, 0.25) is 0 Å². The van der Waals surface area contributed by atoms with E-state index >= 15 is 0 Å². The van der Waals surface area contributed by atoms with Gasteiger partial charge in [0.15, 0.2) is 0 Å². The van der Waals surface area contributed by atoms with Crippen molar-refractivity contribution in [3.8, 4) is 22.3 Å². The van der Waals surface area contributed by atoms with Gasteiger partial charge >= 0.3 is 130 Å². The van der Waals surface area contributed by atoms with E-state index in [1.165, 1.54) is 25.3 Å². The van der Waals surface area contributed by atoms with Crippen LogP contribution in [0, 0.1) is 0 Å².